The van der Waals surface area contributed by atoms with Gasteiger partial charge in [0.2, 0.25) is 0 Å². The zero-order chi connectivity index (χ0) is 19.5. The molecule has 146 valence electrons. The van der Waals surface area contributed by atoms with Crippen LogP contribution in [0.5, 0.6) is 11.5 Å². The lowest BCUT2D eigenvalue weighted by Gasteiger charge is -2.34. The van der Waals surface area contributed by atoms with Crippen molar-refractivity contribution in [1.29, 1.82) is 0 Å². The number of aromatic nitrogens is 1. The van der Waals surface area contributed by atoms with E-state index in [2.05, 4.69) is 4.90 Å². The van der Waals surface area contributed by atoms with Gasteiger partial charge in [-0.2, -0.15) is 0 Å². The molecular weight excluding hydrogens is 374 g/mol. The second-order valence-electron chi connectivity index (χ2n) is 6.57. The van der Waals surface area contributed by atoms with Crippen LogP contribution >= 0.6 is 11.3 Å². The van der Waals surface area contributed by atoms with Crippen molar-refractivity contribution in [3.05, 3.63) is 48.0 Å². The number of carbonyl (C=O) groups excluding carboxylic acids is 1. The summed E-state index contributed by atoms with van der Waals surface area (Å²) in [5.41, 5.74) is 1.68. The number of piperazine rings is 1. The Kier molecular flexibility index (Phi) is 5.34. The number of amides is 1. The van der Waals surface area contributed by atoms with E-state index in [1.165, 1.54) is 0 Å². The summed E-state index contributed by atoms with van der Waals surface area (Å²) in [6.45, 7) is 5.56. The first kappa shape index (κ1) is 18.6. The first-order chi connectivity index (χ1) is 13.7. The molecule has 0 atom stereocenters. The third kappa shape index (κ3) is 3.75. The lowest BCUT2D eigenvalue weighted by atomic mass is 10.1. The Balaban J connectivity index is 1.42. The van der Waals surface area contributed by atoms with E-state index in [-0.39, 0.29) is 5.91 Å². The van der Waals surface area contributed by atoms with Crippen LogP contribution in [0, 0.1) is 0 Å². The first-order valence-electron chi connectivity index (χ1n) is 9.39. The Bertz CT molecular complexity index is 963. The molecule has 2 aromatic carbocycles. The highest BCUT2D eigenvalue weighted by molar-refractivity contribution is 7.22. The van der Waals surface area contributed by atoms with Crippen LogP contribution in [0.2, 0.25) is 0 Å². The minimum Gasteiger partial charge on any atom is -0.497 e. The standard InChI is InChI=1S/C21H23N3O3S/c1-3-27-17-8-9-18-19(14-17)28-21(22-18)24-12-10-23(11-13-24)20(25)15-4-6-16(26-2)7-5-15/h4-9,14H,3,10-13H2,1-2H3. The van der Waals surface area contributed by atoms with Crippen molar-refractivity contribution in [2.75, 3.05) is 44.8 Å². The molecule has 6 nitrogen and oxygen atoms in total. The van der Waals surface area contributed by atoms with Gasteiger partial charge in [0.05, 0.1) is 23.9 Å². The van der Waals surface area contributed by atoms with E-state index in [0.29, 0.717) is 25.3 Å². The van der Waals surface area contributed by atoms with Crippen molar-refractivity contribution in [2.45, 2.75) is 6.92 Å². The molecule has 0 saturated carbocycles. The zero-order valence-electron chi connectivity index (χ0n) is 16.1. The SMILES string of the molecule is CCOc1ccc2nc(N3CCN(C(=O)c4ccc(OC)cc4)CC3)sc2c1. The van der Waals surface area contributed by atoms with E-state index < -0.39 is 0 Å². The number of ether oxygens (including phenoxy) is 2. The third-order valence-corrected chi connectivity index (χ3v) is 5.91. The van der Waals surface area contributed by atoms with Gasteiger partial charge in [-0.25, -0.2) is 4.98 Å². The lowest BCUT2D eigenvalue weighted by molar-refractivity contribution is 0.0746. The number of thiazole rings is 1. The normalized spacial score (nSPS) is 14.4. The van der Waals surface area contributed by atoms with Gasteiger partial charge < -0.3 is 19.3 Å². The highest BCUT2D eigenvalue weighted by Gasteiger charge is 2.24. The summed E-state index contributed by atoms with van der Waals surface area (Å²) < 4.78 is 11.9. The van der Waals surface area contributed by atoms with Gasteiger partial charge in [-0.05, 0) is 49.4 Å². The van der Waals surface area contributed by atoms with Gasteiger partial charge in [-0.1, -0.05) is 11.3 Å². The van der Waals surface area contributed by atoms with Crippen LogP contribution < -0.4 is 14.4 Å². The molecule has 0 unspecified atom stereocenters. The van der Waals surface area contributed by atoms with Gasteiger partial charge in [0.15, 0.2) is 5.13 Å². The van der Waals surface area contributed by atoms with Gasteiger partial charge in [0.25, 0.3) is 5.91 Å². The smallest absolute Gasteiger partial charge is 0.253 e. The molecule has 2 heterocycles. The molecule has 0 aliphatic carbocycles. The molecule has 1 aromatic heterocycles. The van der Waals surface area contributed by atoms with Crippen LogP contribution in [0.4, 0.5) is 5.13 Å². The molecule has 0 radical (unpaired) electrons. The summed E-state index contributed by atoms with van der Waals surface area (Å²) in [7, 11) is 1.62. The fraction of sp³-hybridized carbons (Fsp3) is 0.333. The Morgan fingerprint density at radius 2 is 1.79 bits per heavy atom. The van der Waals surface area contributed by atoms with Gasteiger partial charge in [0.1, 0.15) is 11.5 Å². The number of benzene rings is 2. The number of anilines is 1. The molecule has 0 bridgehead atoms. The largest absolute Gasteiger partial charge is 0.497 e. The maximum absolute atomic E-state index is 12.7. The van der Waals surface area contributed by atoms with Crippen LogP contribution in [0.3, 0.4) is 0 Å². The average molecular weight is 398 g/mol. The number of carbonyl (C=O) groups is 1. The number of rotatable bonds is 5. The zero-order valence-corrected chi connectivity index (χ0v) is 16.9. The highest BCUT2D eigenvalue weighted by atomic mass is 32.1. The molecular formula is C21H23N3O3S. The molecule has 1 aliphatic rings. The van der Waals surface area contributed by atoms with Crippen molar-refractivity contribution in [3.8, 4) is 11.5 Å². The lowest BCUT2D eigenvalue weighted by Crippen LogP contribution is -2.48. The molecule has 1 amide bonds. The molecule has 28 heavy (non-hydrogen) atoms. The van der Waals surface area contributed by atoms with Gasteiger partial charge in [-0.3, -0.25) is 4.79 Å². The summed E-state index contributed by atoms with van der Waals surface area (Å²) in [6.07, 6.45) is 0. The summed E-state index contributed by atoms with van der Waals surface area (Å²) >= 11 is 1.67. The summed E-state index contributed by atoms with van der Waals surface area (Å²) in [4.78, 5) is 21.6. The minimum absolute atomic E-state index is 0.0629. The Labute approximate surface area is 168 Å². The number of methoxy groups -OCH3 is 1. The van der Waals surface area contributed by atoms with Crippen molar-refractivity contribution < 1.29 is 14.3 Å². The van der Waals surface area contributed by atoms with E-state index in [0.717, 1.165) is 39.9 Å². The van der Waals surface area contributed by atoms with Crippen molar-refractivity contribution in [2.24, 2.45) is 0 Å². The van der Waals surface area contributed by atoms with Crippen molar-refractivity contribution in [3.63, 3.8) is 0 Å². The van der Waals surface area contributed by atoms with E-state index in [1.807, 2.05) is 54.3 Å². The first-order valence-corrected chi connectivity index (χ1v) is 10.2. The van der Waals surface area contributed by atoms with E-state index in [9.17, 15) is 4.79 Å². The van der Waals surface area contributed by atoms with Crippen LogP contribution in [0.25, 0.3) is 10.2 Å². The quantitative estimate of drug-likeness (QED) is 0.658. The topological polar surface area (TPSA) is 54.9 Å². The average Bonchev–Trinajstić information content (AvgIpc) is 3.17. The van der Waals surface area contributed by atoms with Gasteiger partial charge in [-0.15, -0.1) is 0 Å². The second kappa shape index (κ2) is 8.06. The van der Waals surface area contributed by atoms with Crippen LogP contribution in [0.15, 0.2) is 42.5 Å². The van der Waals surface area contributed by atoms with E-state index in [1.54, 1.807) is 18.4 Å². The summed E-state index contributed by atoms with van der Waals surface area (Å²) in [5.74, 6) is 1.69. The maximum Gasteiger partial charge on any atom is 0.253 e. The maximum atomic E-state index is 12.7. The second-order valence-corrected chi connectivity index (χ2v) is 7.58. The van der Waals surface area contributed by atoms with Crippen LogP contribution in [-0.4, -0.2) is 55.7 Å². The van der Waals surface area contributed by atoms with Crippen LogP contribution in [-0.2, 0) is 0 Å². The molecule has 7 heteroatoms. The summed E-state index contributed by atoms with van der Waals surface area (Å²) in [5, 5.41) is 1.00. The molecule has 1 saturated heterocycles. The Morgan fingerprint density at radius 3 is 2.46 bits per heavy atom. The minimum atomic E-state index is 0.0629. The number of nitrogens with zero attached hydrogens (tertiary/aromatic N) is 3. The molecule has 3 aromatic rings. The Morgan fingerprint density at radius 1 is 1.07 bits per heavy atom. The molecule has 0 spiro atoms. The molecule has 1 fully saturated rings. The number of hydrogen-bond donors (Lipinski definition) is 0. The molecule has 4 rings (SSSR count). The van der Waals surface area contributed by atoms with Gasteiger partial charge in [0, 0.05) is 31.7 Å². The van der Waals surface area contributed by atoms with Crippen molar-refractivity contribution in [1.82, 2.24) is 9.88 Å². The summed E-state index contributed by atoms with van der Waals surface area (Å²) in [6, 6.07) is 13.3. The molecule has 0 N–H and O–H groups in total. The monoisotopic (exact) mass is 397 g/mol. The van der Waals surface area contributed by atoms with Crippen molar-refractivity contribution >= 4 is 32.6 Å². The van der Waals surface area contributed by atoms with Gasteiger partial charge >= 0.3 is 0 Å². The third-order valence-electron chi connectivity index (χ3n) is 4.83. The molecule has 1 aliphatic heterocycles. The van der Waals surface area contributed by atoms with E-state index >= 15 is 0 Å². The predicted molar refractivity (Wildman–Crippen MR) is 112 cm³/mol. The number of hydrogen-bond acceptors (Lipinski definition) is 6. The highest BCUT2D eigenvalue weighted by Crippen LogP contribution is 2.32. The Hall–Kier alpha value is -2.80. The van der Waals surface area contributed by atoms with E-state index in [4.69, 9.17) is 14.5 Å². The predicted octanol–water partition coefficient (Wildman–Crippen LogP) is 3.67. The fourth-order valence-electron chi connectivity index (χ4n) is 3.30. The number of fused-ring (bicyclic) bond motifs is 1. The van der Waals surface area contributed by atoms with Crippen LogP contribution in [0.1, 0.15) is 17.3 Å². The fourth-order valence-corrected chi connectivity index (χ4v) is 4.35.